The normalized spacial score (nSPS) is 14.2. The van der Waals surface area contributed by atoms with Crippen LogP contribution in [0.4, 0.5) is 11.4 Å². The number of nitrogens with one attached hydrogen (secondary N) is 2. The zero-order chi connectivity index (χ0) is 22.9. The molecule has 2 amide bonds. The number of benzene rings is 1. The zero-order valence-electron chi connectivity index (χ0n) is 18.7. The minimum absolute atomic E-state index is 0.0747. The van der Waals surface area contributed by atoms with Gasteiger partial charge in [0, 0.05) is 37.6 Å². The van der Waals surface area contributed by atoms with Crippen LogP contribution in [0.25, 0.3) is 0 Å². The highest BCUT2D eigenvalue weighted by Crippen LogP contribution is 2.23. The number of nitrogens with zero attached hydrogens (tertiary/aromatic N) is 3. The van der Waals surface area contributed by atoms with Crippen LogP contribution < -0.4 is 21.1 Å². The lowest BCUT2D eigenvalue weighted by molar-refractivity contribution is -0.118. The van der Waals surface area contributed by atoms with E-state index in [4.69, 9.17) is 4.74 Å². The van der Waals surface area contributed by atoms with E-state index in [1.54, 1.807) is 0 Å². The van der Waals surface area contributed by atoms with E-state index in [2.05, 4.69) is 20.6 Å². The van der Waals surface area contributed by atoms with Crippen molar-refractivity contribution in [3.05, 3.63) is 52.4 Å². The maximum atomic E-state index is 12.9. The van der Waals surface area contributed by atoms with Crippen molar-refractivity contribution in [1.29, 1.82) is 0 Å². The van der Waals surface area contributed by atoms with Crippen LogP contribution in [-0.2, 0) is 16.1 Å². The van der Waals surface area contributed by atoms with Crippen molar-refractivity contribution in [3.8, 4) is 0 Å². The fourth-order valence-electron chi connectivity index (χ4n) is 3.68. The number of hydrogen-bond acceptors (Lipinski definition) is 6. The molecule has 9 nitrogen and oxygen atoms in total. The predicted octanol–water partition coefficient (Wildman–Crippen LogP) is 2.03. The number of methoxy groups -OCH3 is 1. The largest absolute Gasteiger partial charge is 0.383 e. The summed E-state index contributed by atoms with van der Waals surface area (Å²) in [6, 6.07) is 9.69. The molecule has 0 aliphatic carbocycles. The minimum Gasteiger partial charge on any atom is -0.383 e. The quantitative estimate of drug-likeness (QED) is 0.584. The van der Waals surface area contributed by atoms with E-state index in [-0.39, 0.29) is 23.7 Å². The third-order valence-electron chi connectivity index (χ3n) is 5.39. The summed E-state index contributed by atoms with van der Waals surface area (Å²) in [5.41, 5.74) is 1.53. The van der Waals surface area contributed by atoms with Crippen molar-refractivity contribution in [3.63, 3.8) is 0 Å². The summed E-state index contributed by atoms with van der Waals surface area (Å²) in [4.78, 5) is 39.9. The highest BCUT2D eigenvalue weighted by atomic mass is 16.5. The van der Waals surface area contributed by atoms with E-state index < -0.39 is 11.9 Å². The number of carbonyl (C=O) groups excluding carboxylic acids is 2. The molecule has 172 valence electrons. The van der Waals surface area contributed by atoms with Crippen LogP contribution in [0.5, 0.6) is 0 Å². The van der Waals surface area contributed by atoms with Gasteiger partial charge in [-0.1, -0.05) is 19.4 Å². The van der Waals surface area contributed by atoms with Gasteiger partial charge in [0.05, 0.1) is 13.2 Å². The monoisotopic (exact) mass is 441 g/mol. The van der Waals surface area contributed by atoms with Gasteiger partial charge < -0.3 is 20.3 Å². The van der Waals surface area contributed by atoms with E-state index >= 15 is 0 Å². The summed E-state index contributed by atoms with van der Waals surface area (Å²) in [7, 11) is 1.52. The maximum Gasteiger partial charge on any atom is 0.272 e. The highest BCUT2D eigenvalue weighted by Gasteiger charge is 2.22. The van der Waals surface area contributed by atoms with Crippen molar-refractivity contribution < 1.29 is 14.3 Å². The van der Waals surface area contributed by atoms with Gasteiger partial charge in [0.2, 0.25) is 5.91 Å². The molecule has 9 heteroatoms. The molecule has 0 saturated carbocycles. The first kappa shape index (κ1) is 23.5. The predicted molar refractivity (Wildman–Crippen MR) is 123 cm³/mol. The molecule has 1 aliphatic heterocycles. The Morgan fingerprint density at radius 1 is 1.19 bits per heavy atom. The SMILES string of the molecule is CCCC(NC(=O)c1ccc(=O)n(CCOC)n1)C(=O)Nc1cccc(N2CCCC2)c1. The topological polar surface area (TPSA) is 106 Å². The number of rotatable bonds is 10. The summed E-state index contributed by atoms with van der Waals surface area (Å²) in [5.74, 6) is -0.790. The number of carbonyl (C=O) groups is 2. The van der Waals surface area contributed by atoms with E-state index in [1.807, 2.05) is 31.2 Å². The third kappa shape index (κ3) is 6.16. The van der Waals surface area contributed by atoms with Gasteiger partial charge in [0.15, 0.2) is 0 Å². The average Bonchev–Trinajstić information content (AvgIpc) is 3.33. The van der Waals surface area contributed by atoms with Crippen LogP contribution >= 0.6 is 0 Å². The van der Waals surface area contributed by atoms with Crippen molar-refractivity contribution >= 4 is 23.2 Å². The van der Waals surface area contributed by atoms with Crippen molar-refractivity contribution in [2.45, 2.75) is 45.2 Å². The first-order valence-electron chi connectivity index (χ1n) is 11.1. The first-order valence-corrected chi connectivity index (χ1v) is 11.1. The Morgan fingerprint density at radius 3 is 2.69 bits per heavy atom. The Kier molecular flexibility index (Phi) is 8.38. The summed E-state index contributed by atoms with van der Waals surface area (Å²) < 4.78 is 6.15. The fourth-order valence-corrected chi connectivity index (χ4v) is 3.68. The number of aromatic nitrogens is 2. The molecule has 2 N–H and O–H groups in total. The molecule has 1 saturated heterocycles. The molecular weight excluding hydrogens is 410 g/mol. The second-order valence-corrected chi connectivity index (χ2v) is 7.82. The Morgan fingerprint density at radius 2 is 1.97 bits per heavy atom. The van der Waals surface area contributed by atoms with Gasteiger partial charge in [-0.2, -0.15) is 5.10 Å². The summed E-state index contributed by atoms with van der Waals surface area (Å²) in [6.07, 6.45) is 3.54. The smallest absolute Gasteiger partial charge is 0.272 e. The second-order valence-electron chi connectivity index (χ2n) is 7.82. The molecule has 1 unspecified atom stereocenters. The summed E-state index contributed by atoms with van der Waals surface area (Å²) >= 11 is 0. The molecule has 1 fully saturated rings. The third-order valence-corrected chi connectivity index (χ3v) is 5.39. The van der Waals surface area contributed by atoms with Crippen molar-refractivity contribution in [2.24, 2.45) is 0 Å². The van der Waals surface area contributed by atoms with Crippen molar-refractivity contribution in [2.75, 3.05) is 37.0 Å². The van der Waals surface area contributed by atoms with Gasteiger partial charge in [-0.15, -0.1) is 0 Å². The number of amides is 2. The first-order chi connectivity index (χ1) is 15.5. The molecule has 1 aliphatic rings. The second kappa shape index (κ2) is 11.4. The Balaban J connectivity index is 1.68. The molecule has 0 spiro atoms. The zero-order valence-corrected chi connectivity index (χ0v) is 18.7. The molecule has 1 aromatic carbocycles. The van der Waals surface area contributed by atoms with Gasteiger partial charge in [0.1, 0.15) is 11.7 Å². The molecule has 2 aromatic rings. The molecule has 32 heavy (non-hydrogen) atoms. The number of ether oxygens (including phenoxy) is 1. The average molecular weight is 442 g/mol. The molecular formula is C23H31N5O4. The van der Waals surface area contributed by atoms with Crippen LogP contribution in [0.1, 0.15) is 43.1 Å². The molecule has 1 atom stereocenters. The lowest BCUT2D eigenvalue weighted by atomic mass is 10.1. The highest BCUT2D eigenvalue weighted by molar-refractivity contribution is 6.00. The van der Waals surface area contributed by atoms with Crippen LogP contribution in [0, 0.1) is 0 Å². The van der Waals surface area contributed by atoms with Gasteiger partial charge in [-0.25, -0.2) is 4.68 Å². The number of hydrogen-bond donors (Lipinski definition) is 2. The standard InChI is InChI=1S/C23H31N5O4/c1-3-7-19(25-23(31)20-10-11-21(29)28(26-20)14-15-32-2)22(30)24-17-8-6-9-18(16-17)27-12-4-5-13-27/h6,8-11,16,19H,3-5,7,12-15H2,1-2H3,(H,24,30)(H,25,31). The Labute approximate surface area is 187 Å². The molecule has 0 bridgehead atoms. The summed E-state index contributed by atoms with van der Waals surface area (Å²) in [5, 5.41) is 9.78. The van der Waals surface area contributed by atoms with Gasteiger partial charge in [-0.05, 0) is 43.5 Å². The van der Waals surface area contributed by atoms with Crippen LogP contribution in [0.3, 0.4) is 0 Å². The van der Waals surface area contributed by atoms with Crippen LogP contribution in [0.15, 0.2) is 41.2 Å². The van der Waals surface area contributed by atoms with Crippen LogP contribution in [0.2, 0.25) is 0 Å². The van der Waals surface area contributed by atoms with E-state index in [0.29, 0.717) is 25.1 Å². The Bertz CT molecular complexity index is 984. The Hall–Kier alpha value is -3.20. The number of anilines is 2. The van der Waals surface area contributed by atoms with Gasteiger partial charge in [0.25, 0.3) is 11.5 Å². The molecule has 2 heterocycles. The van der Waals surface area contributed by atoms with E-state index in [0.717, 1.165) is 18.8 Å². The lowest BCUT2D eigenvalue weighted by Gasteiger charge is -2.20. The van der Waals surface area contributed by atoms with Gasteiger partial charge >= 0.3 is 0 Å². The minimum atomic E-state index is -0.718. The van der Waals surface area contributed by atoms with Gasteiger partial charge in [-0.3, -0.25) is 14.4 Å². The van der Waals surface area contributed by atoms with Crippen molar-refractivity contribution in [1.82, 2.24) is 15.1 Å². The summed E-state index contributed by atoms with van der Waals surface area (Å²) in [6.45, 7) is 4.53. The molecule has 0 radical (unpaired) electrons. The molecule has 3 rings (SSSR count). The molecule has 1 aromatic heterocycles. The van der Waals surface area contributed by atoms with Crippen LogP contribution in [-0.4, -0.2) is 54.4 Å². The lowest BCUT2D eigenvalue weighted by Crippen LogP contribution is -2.44. The maximum absolute atomic E-state index is 12.9. The fraction of sp³-hybridized carbons (Fsp3) is 0.478. The van der Waals surface area contributed by atoms with E-state index in [9.17, 15) is 14.4 Å². The van der Waals surface area contributed by atoms with E-state index in [1.165, 1.54) is 36.8 Å².